The summed E-state index contributed by atoms with van der Waals surface area (Å²) in [6.45, 7) is 2.33. The van der Waals surface area contributed by atoms with Gasteiger partial charge in [0.05, 0.1) is 29.4 Å². The van der Waals surface area contributed by atoms with Crippen molar-refractivity contribution in [3.8, 4) is 11.3 Å². The molecule has 0 bridgehead atoms. The van der Waals surface area contributed by atoms with Crippen LogP contribution in [-0.4, -0.2) is 52.4 Å². The highest BCUT2D eigenvalue weighted by Crippen LogP contribution is 2.32. The molecule has 38 heavy (non-hydrogen) atoms. The van der Waals surface area contributed by atoms with E-state index < -0.39 is 4.92 Å². The fraction of sp³-hybridized carbons (Fsp3) is 0.167. The van der Waals surface area contributed by atoms with Gasteiger partial charge in [0.25, 0.3) is 5.69 Å². The Bertz CT molecular complexity index is 1470. The van der Waals surface area contributed by atoms with Crippen LogP contribution in [0.2, 0.25) is 5.02 Å². The molecule has 0 aliphatic carbocycles. The summed E-state index contributed by atoms with van der Waals surface area (Å²) in [5.41, 5.74) is 3.78. The van der Waals surface area contributed by atoms with Gasteiger partial charge in [-0.15, -0.1) is 0 Å². The molecule has 2 aromatic heterocycles. The predicted octanol–water partition coefficient (Wildman–Crippen LogP) is 4.86. The molecule has 3 heterocycles. The minimum absolute atomic E-state index is 0.113. The number of nitro groups is 1. The lowest BCUT2D eigenvalue weighted by molar-refractivity contribution is -0.384. The van der Waals surface area contributed by atoms with E-state index in [-0.39, 0.29) is 28.4 Å². The van der Waals surface area contributed by atoms with Gasteiger partial charge in [0, 0.05) is 36.5 Å². The van der Waals surface area contributed by atoms with E-state index in [1.807, 2.05) is 4.90 Å². The number of benzene rings is 2. The Kier molecular flexibility index (Phi) is 7.38. The zero-order chi connectivity index (χ0) is 26.5. The number of hydrazone groups is 1. The molecule has 14 heteroatoms. The zero-order valence-electron chi connectivity index (χ0n) is 19.7. The molecule has 0 saturated carbocycles. The van der Waals surface area contributed by atoms with Gasteiger partial charge in [0.15, 0.2) is 0 Å². The van der Waals surface area contributed by atoms with E-state index in [0.717, 1.165) is 0 Å². The Labute approximate surface area is 220 Å². The first-order chi connectivity index (χ1) is 18.4. The summed E-state index contributed by atoms with van der Waals surface area (Å²) in [4.78, 5) is 25.7. The molecule has 194 valence electrons. The predicted molar refractivity (Wildman–Crippen MR) is 140 cm³/mol. The van der Waals surface area contributed by atoms with Crippen LogP contribution >= 0.6 is 11.6 Å². The Morgan fingerprint density at radius 3 is 2.55 bits per heavy atom. The number of nitrogens with one attached hydrogen (secondary N) is 2. The maximum atomic E-state index is 13.3. The molecule has 12 nitrogen and oxygen atoms in total. The van der Waals surface area contributed by atoms with Crippen molar-refractivity contribution < 1.29 is 18.5 Å². The lowest BCUT2D eigenvalue weighted by Gasteiger charge is -2.27. The van der Waals surface area contributed by atoms with Crippen LogP contribution in [0.15, 0.2) is 64.1 Å². The molecule has 1 fully saturated rings. The lowest BCUT2D eigenvalue weighted by atomic mass is 10.1. The quantitative estimate of drug-likeness (QED) is 0.181. The molecule has 5 rings (SSSR count). The second kappa shape index (κ2) is 11.2. The monoisotopic (exact) mass is 538 g/mol. The summed E-state index contributed by atoms with van der Waals surface area (Å²) >= 11 is 6.19. The first-order valence-corrected chi connectivity index (χ1v) is 11.8. The molecular weight excluding hydrogens is 519 g/mol. The fourth-order valence-electron chi connectivity index (χ4n) is 3.58. The van der Waals surface area contributed by atoms with Gasteiger partial charge in [-0.3, -0.25) is 10.1 Å². The molecule has 1 saturated heterocycles. The highest BCUT2D eigenvalue weighted by atomic mass is 35.5. The maximum absolute atomic E-state index is 13.3. The molecule has 2 aromatic carbocycles. The summed E-state index contributed by atoms with van der Waals surface area (Å²) < 4.78 is 24.5. The number of non-ortho nitro benzene ring substituents is 1. The average molecular weight is 539 g/mol. The van der Waals surface area contributed by atoms with Crippen LogP contribution in [0.1, 0.15) is 5.76 Å². The van der Waals surface area contributed by atoms with E-state index in [1.165, 1.54) is 36.5 Å². The first kappa shape index (κ1) is 25.0. The topological polar surface area (TPSA) is 144 Å². The Balaban J connectivity index is 1.33. The van der Waals surface area contributed by atoms with Gasteiger partial charge in [0.2, 0.25) is 17.8 Å². The van der Waals surface area contributed by atoms with Crippen LogP contribution in [-0.2, 0) is 4.74 Å². The molecule has 0 radical (unpaired) electrons. The van der Waals surface area contributed by atoms with Crippen molar-refractivity contribution >= 4 is 47.0 Å². The van der Waals surface area contributed by atoms with Crippen LogP contribution in [0, 0.1) is 15.9 Å². The number of hydrogen-bond donors (Lipinski definition) is 2. The zero-order valence-corrected chi connectivity index (χ0v) is 20.4. The standard InChI is InChI=1S/C24H20ClFN8O4/c25-20-13-17(34(35)36)5-7-19(20)21-8-6-18(38-21)14-27-32-23-29-22(28-16-3-1-15(26)2-4-16)30-24(31-23)33-9-11-37-12-10-33/h1-8,13-14H,9-12H2,(H2,28,29,30,31,32). The second-order valence-electron chi connectivity index (χ2n) is 8.01. The fourth-order valence-corrected chi connectivity index (χ4v) is 3.84. The van der Waals surface area contributed by atoms with Gasteiger partial charge in [-0.1, -0.05) is 11.6 Å². The number of hydrogen-bond acceptors (Lipinski definition) is 11. The van der Waals surface area contributed by atoms with Gasteiger partial charge in [-0.2, -0.15) is 20.1 Å². The highest BCUT2D eigenvalue weighted by Gasteiger charge is 2.17. The molecular formula is C24H20ClFN8O4. The smallest absolute Gasteiger partial charge is 0.270 e. The van der Waals surface area contributed by atoms with Crippen LogP contribution < -0.4 is 15.6 Å². The van der Waals surface area contributed by atoms with Crippen LogP contribution in [0.25, 0.3) is 11.3 Å². The number of morpholine rings is 1. The maximum Gasteiger partial charge on any atom is 0.270 e. The van der Waals surface area contributed by atoms with Gasteiger partial charge >= 0.3 is 0 Å². The normalized spacial score (nSPS) is 13.6. The van der Waals surface area contributed by atoms with Crippen molar-refractivity contribution in [3.63, 3.8) is 0 Å². The largest absolute Gasteiger partial charge is 0.455 e. The molecule has 0 spiro atoms. The van der Waals surface area contributed by atoms with E-state index in [4.69, 9.17) is 20.8 Å². The molecule has 0 atom stereocenters. The molecule has 2 N–H and O–H groups in total. The van der Waals surface area contributed by atoms with E-state index in [2.05, 4.69) is 30.8 Å². The minimum Gasteiger partial charge on any atom is -0.455 e. The van der Waals surface area contributed by atoms with E-state index in [1.54, 1.807) is 24.3 Å². The third-order valence-electron chi connectivity index (χ3n) is 5.43. The van der Waals surface area contributed by atoms with Crippen molar-refractivity contribution in [1.29, 1.82) is 0 Å². The number of furan rings is 1. The van der Waals surface area contributed by atoms with Crippen molar-refractivity contribution in [3.05, 3.63) is 81.3 Å². The SMILES string of the molecule is O=[N+]([O-])c1ccc(-c2ccc(C=NNc3nc(Nc4ccc(F)cc4)nc(N4CCOCC4)n3)o2)c(Cl)c1. The van der Waals surface area contributed by atoms with Crippen LogP contribution in [0.4, 0.5) is 33.6 Å². The van der Waals surface area contributed by atoms with Crippen LogP contribution in [0.3, 0.4) is 0 Å². The average Bonchev–Trinajstić information content (AvgIpc) is 3.39. The Hall–Kier alpha value is -4.62. The minimum atomic E-state index is -0.520. The molecule has 0 amide bonds. The van der Waals surface area contributed by atoms with Crippen molar-refractivity contribution in [2.45, 2.75) is 0 Å². The van der Waals surface area contributed by atoms with E-state index >= 15 is 0 Å². The van der Waals surface area contributed by atoms with E-state index in [0.29, 0.717) is 55.0 Å². The van der Waals surface area contributed by atoms with Crippen molar-refractivity contribution in [2.24, 2.45) is 5.10 Å². The molecule has 1 aliphatic heterocycles. The molecule has 0 unspecified atom stereocenters. The van der Waals surface area contributed by atoms with Crippen molar-refractivity contribution in [1.82, 2.24) is 15.0 Å². The summed E-state index contributed by atoms with van der Waals surface area (Å²) in [5.74, 6) is 1.32. The number of anilines is 4. The molecule has 4 aromatic rings. The number of nitro benzene ring substituents is 1. The first-order valence-electron chi connectivity index (χ1n) is 11.4. The number of aromatic nitrogens is 3. The third kappa shape index (κ3) is 6.02. The molecule has 1 aliphatic rings. The number of rotatable bonds is 8. The number of ether oxygens (including phenoxy) is 1. The summed E-state index contributed by atoms with van der Waals surface area (Å²) in [7, 11) is 0. The van der Waals surface area contributed by atoms with Gasteiger partial charge in [-0.25, -0.2) is 9.82 Å². The van der Waals surface area contributed by atoms with Gasteiger partial charge < -0.3 is 19.4 Å². The Morgan fingerprint density at radius 1 is 1.05 bits per heavy atom. The lowest BCUT2D eigenvalue weighted by Crippen LogP contribution is -2.37. The van der Waals surface area contributed by atoms with E-state index in [9.17, 15) is 14.5 Å². The van der Waals surface area contributed by atoms with Gasteiger partial charge in [-0.05, 0) is 42.5 Å². The Morgan fingerprint density at radius 2 is 1.82 bits per heavy atom. The second-order valence-corrected chi connectivity index (χ2v) is 8.41. The third-order valence-corrected chi connectivity index (χ3v) is 5.74. The number of halogens is 2. The van der Waals surface area contributed by atoms with Gasteiger partial charge in [0.1, 0.15) is 17.3 Å². The summed E-state index contributed by atoms with van der Waals surface area (Å²) in [5, 5.41) is 18.3. The summed E-state index contributed by atoms with van der Waals surface area (Å²) in [6.07, 6.45) is 1.42. The highest BCUT2D eigenvalue weighted by molar-refractivity contribution is 6.33. The van der Waals surface area contributed by atoms with Crippen LogP contribution in [0.5, 0.6) is 0 Å². The summed E-state index contributed by atoms with van der Waals surface area (Å²) in [6, 6.07) is 13.3. The number of nitrogens with zero attached hydrogens (tertiary/aromatic N) is 6. The van der Waals surface area contributed by atoms with Crippen molar-refractivity contribution in [2.75, 3.05) is 41.9 Å².